The van der Waals surface area contributed by atoms with Crippen LogP contribution in [0, 0.1) is 0 Å². The van der Waals surface area contributed by atoms with Crippen LogP contribution in [-0.4, -0.2) is 30.1 Å². The molecule has 3 rings (SSSR count). The number of carbonyl (C=O) groups is 1. The van der Waals surface area contributed by atoms with E-state index < -0.39 is 0 Å². The lowest BCUT2D eigenvalue weighted by Gasteiger charge is -2.17. The third kappa shape index (κ3) is 3.23. The molecule has 1 atom stereocenters. The molecule has 21 heavy (non-hydrogen) atoms. The Morgan fingerprint density at radius 1 is 1.10 bits per heavy atom. The Labute approximate surface area is 124 Å². The average Bonchev–Trinajstić information content (AvgIpc) is 2.95. The van der Waals surface area contributed by atoms with Crippen molar-refractivity contribution >= 4 is 11.7 Å². The second kappa shape index (κ2) is 5.97. The van der Waals surface area contributed by atoms with Gasteiger partial charge >= 0.3 is 6.03 Å². The Bertz CT molecular complexity index is 627. The number of anilines is 1. The lowest BCUT2D eigenvalue weighted by molar-refractivity contribution is 0.222. The molecule has 1 aliphatic rings. The Balaban J connectivity index is 1.73. The number of nitrogens with two attached hydrogens (primary N) is 1. The van der Waals surface area contributed by atoms with E-state index in [-0.39, 0.29) is 12.1 Å². The molecule has 2 aromatic rings. The maximum Gasteiger partial charge on any atom is 0.321 e. The van der Waals surface area contributed by atoms with Crippen molar-refractivity contribution in [1.82, 2.24) is 4.90 Å². The minimum Gasteiger partial charge on any atom is -0.326 e. The van der Waals surface area contributed by atoms with Gasteiger partial charge in [-0.25, -0.2) is 4.79 Å². The zero-order chi connectivity index (χ0) is 14.7. The van der Waals surface area contributed by atoms with Crippen LogP contribution in [0.5, 0.6) is 0 Å². The number of likely N-dealkylation sites (tertiary alicyclic amines) is 1. The minimum absolute atomic E-state index is 0.0758. The quantitative estimate of drug-likeness (QED) is 0.889. The maximum atomic E-state index is 12.2. The van der Waals surface area contributed by atoms with Crippen LogP contribution in [0.3, 0.4) is 0 Å². The van der Waals surface area contributed by atoms with Crippen molar-refractivity contribution in [1.29, 1.82) is 0 Å². The molecule has 1 heterocycles. The molecule has 0 aromatic heterocycles. The Kier molecular flexibility index (Phi) is 3.88. The number of nitrogens with zero attached hydrogens (tertiary/aromatic N) is 1. The normalized spacial score (nSPS) is 17.8. The van der Waals surface area contributed by atoms with E-state index >= 15 is 0 Å². The third-order valence-corrected chi connectivity index (χ3v) is 3.73. The van der Waals surface area contributed by atoms with Crippen molar-refractivity contribution in [2.45, 2.75) is 12.5 Å². The smallest absolute Gasteiger partial charge is 0.321 e. The number of hydrogen-bond donors (Lipinski definition) is 2. The van der Waals surface area contributed by atoms with Gasteiger partial charge in [-0.05, 0) is 29.7 Å². The van der Waals surface area contributed by atoms with Gasteiger partial charge in [0, 0.05) is 24.8 Å². The van der Waals surface area contributed by atoms with Crippen molar-refractivity contribution in [2.75, 3.05) is 18.4 Å². The molecule has 1 fully saturated rings. The summed E-state index contributed by atoms with van der Waals surface area (Å²) in [5.41, 5.74) is 8.87. The first-order chi connectivity index (χ1) is 10.2. The topological polar surface area (TPSA) is 58.4 Å². The highest BCUT2D eigenvalue weighted by Crippen LogP contribution is 2.22. The monoisotopic (exact) mass is 281 g/mol. The van der Waals surface area contributed by atoms with E-state index in [1.807, 2.05) is 42.5 Å². The Hall–Kier alpha value is -2.33. The molecule has 0 bridgehead atoms. The molecule has 0 saturated carbocycles. The van der Waals surface area contributed by atoms with Crippen LogP contribution in [-0.2, 0) is 0 Å². The van der Waals surface area contributed by atoms with Gasteiger partial charge in [-0.3, -0.25) is 0 Å². The molecule has 1 unspecified atom stereocenters. The number of amides is 2. The van der Waals surface area contributed by atoms with Crippen LogP contribution in [0.25, 0.3) is 11.1 Å². The highest BCUT2D eigenvalue weighted by Gasteiger charge is 2.23. The number of carbonyl (C=O) groups excluding carboxylic acids is 1. The fourth-order valence-corrected chi connectivity index (χ4v) is 2.58. The van der Waals surface area contributed by atoms with Crippen molar-refractivity contribution in [3.05, 3.63) is 54.6 Å². The molecule has 1 aliphatic heterocycles. The van der Waals surface area contributed by atoms with Crippen molar-refractivity contribution in [2.24, 2.45) is 5.73 Å². The van der Waals surface area contributed by atoms with Gasteiger partial charge in [0.1, 0.15) is 0 Å². The fourth-order valence-electron chi connectivity index (χ4n) is 2.58. The molecule has 0 radical (unpaired) electrons. The Morgan fingerprint density at radius 3 is 2.57 bits per heavy atom. The predicted molar refractivity (Wildman–Crippen MR) is 85.1 cm³/mol. The van der Waals surface area contributed by atoms with E-state index in [9.17, 15) is 4.79 Å². The van der Waals surface area contributed by atoms with Gasteiger partial charge in [0.05, 0.1) is 0 Å². The zero-order valence-corrected chi connectivity index (χ0v) is 11.8. The van der Waals surface area contributed by atoms with Gasteiger partial charge < -0.3 is 16.0 Å². The molecule has 1 saturated heterocycles. The molecule has 0 aliphatic carbocycles. The summed E-state index contributed by atoms with van der Waals surface area (Å²) in [6.45, 7) is 1.36. The molecular formula is C17H19N3O. The first-order valence-corrected chi connectivity index (χ1v) is 7.19. The largest absolute Gasteiger partial charge is 0.326 e. The van der Waals surface area contributed by atoms with Crippen molar-refractivity contribution < 1.29 is 4.79 Å². The van der Waals surface area contributed by atoms with Crippen LogP contribution in [0.15, 0.2) is 54.6 Å². The minimum atomic E-state index is -0.0758. The summed E-state index contributed by atoms with van der Waals surface area (Å²) < 4.78 is 0. The summed E-state index contributed by atoms with van der Waals surface area (Å²) >= 11 is 0. The third-order valence-electron chi connectivity index (χ3n) is 3.73. The summed E-state index contributed by atoms with van der Waals surface area (Å²) in [6, 6.07) is 18.0. The second-order valence-electron chi connectivity index (χ2n) is 5.37. The summed E-state index contributed by atoms with van der Waals surface area (Å²) in [5.74, 6) is 0. The van der Waals surface area contributed by atoms with E-state index in [2.05, 4.69) is 17.4 Å². The number of benzene rings is 2. The molecule has 2 amide bonds. The summed E-state index contributed by atoms with van der Waals surface area (Å²) in [4.78, 5) is 13.9. The molecule has 2 aromatic carbocycles. The van der Waals surface area contributed by atoms with E-state index in [4.69, 9.17) is 5.73 Å². The van der Waals surface area contributed by atoms with Gasteiger partial charge in [0.15, 0.2) is 0 Å². The van der Waals surface area contributed by atoms with E-state index in [1.54, 1.807) is 4.90 Å². The summed E-state index contributed by atoms with van der Waals surface area (Å²) in [5, 5.41) is 2.95. The van der Waals surface area contributed by atoms with E-state index in [0.717, 1.165) is 29.8 Å². The summed E-state index contributed by atoms with van der Waals surface area (Å²) in [6.07, 6.45) is 0.872. The Morgan fingerprint density at radius 2 is 1.86 bits per heavy atom. The summed E-state index contributed by atoms with van der Waals surface area (Å²) in [7, 11) is 0. The lowest BCUT2D eigenvalue weighted by atomic mass is 10.1. The van der Waals surface area contributed by atoms with Crippen molar-refractivity contribution in [3.63, 3.8) is 0 Å². The van der Waals surface area contributed by atoms with Crippen LogP contribution >= 0.6 is 0 Å². The van der Waals surface area contributed by atoms with Crippen molar-refractivity contribution in [3.8, 4) is 11.1 Å². The van der Waals surface area contributed by atoms with E-state index in [0.29, 0.717) is 6.54 Å². The van der Waals surface area contributed by atoms with Crippen LogP contribution in [0.1, 0.15) is 6.42 Å². The zero-order valence-electron chi connectivity index (χ0n) is 11.8. The maximum absolute atomic E-state index is 12.2. The lowest BCUT2D eigenvalue weighted by Crippen LogP contribution is -2.35. The predicted octanol–water partition coefficient (Wildman–Crippen LogP) is 2.92. The molecule has 4 nitrogen and oxygen atoms in total. The van der Waals surface area contributed by atoms with Crippen LogP contribution < -0.4 is 11.1 Å². The highest BCUT2D eigenvalue weighted by atomic mass is 16.2. The number of urea groups is 1. The van der Waals surface area contributed by atoms with Gasteiger partial charge in [0.25, 0.3) is 0 Å². The van der Waals surface area contributed by atoms with Gasteiger partial charge in [0.2, 0.25) is 0 Å². The molecule has 4 heteroatoms. The van der Waals surface area contributed by atoms with Crippen LogP contribution in [0.4, 0.5) is 10.5 Å². The highest BCUT2D eigenvalue weighted by molar-refractivity contribution is 5.90. The molecule has 108 valence electrons. The standard InChI is InChI=1S/C17H19N3O/c18-15-9-10-20(12-15)17(21)19-16-8-4-7-14(11-16)13-5-2-1-3-6-13/h1-8,11,15H,9-10,12,18H2,(H,19,21). The molecular weight excluding hydrogens is 262 g/mol. The SMILES string of the molecule is NC1CCN(C(=O)Nc2cccc(-c3ccccc3)c2)C1. The number of rotatable bonds is 2. The van der Waals surface area contributed by atoms with E-state index in [1.165, 1.54) is 0 Å². The van der Waals surface area contributed by atoms with Gasteiger partial charge in [-0.1, -0.05) is 42.5 Å². The molecule has 0 spiro atoms. The van der Waals surface area contributed by atoms with Gasteiger partial charge in [-0.15, -0.1) is 0 Å². The average molecular weight is 281 g/mol. The van der Waals surface area contributed by atoms with Gasteiger partial charge in [-0.2, -0.15) is 0 Å². The molecule has 3 N–H and O–H groups in total. The number of nitrogens with one attached hydrogen (secondary N) is 1. The first kappa shape index (κ1) is 13.6. The fraction of sp³-hybridized carbons (Fsp3) is 0.235. The number of hydrogen-bond acceptors (Lipinski definition) is 2. The van der Waals surface area contributed by atoms with Crippen LogP contribution in [0.2, 0.25) is 0 Å². The first-order valence-electron chi connectivity index (χ1n) is 7.19. The second-order valence-corrected chi connectivity index (χ2v) is 5.37.